The van der Waals surface area contributed by atoms with E-state index in [-0.39, 0.29) is 0 Å². The van der Waals surface area contributed by atoms with E-state index in [1.807, 2.05) is 14.1 Å². The first-order valence-electron chi connectivity index (χ1n) is 6.58. The van der Waals surface area contributed by atoms with Gasteiger partial charge >= 0.3 is 0 Å². The van der Waals surface area contributed by atoms with E-state index in [1.54, 1.807) is 30.5 Å². The average Bonchev–Trinajstić information content (AvgIpc) is 2.45. The van der Waals surface area contributed by atoms with Crippen LogP contribution in [0, 0.1) is 11.3 Å². The molecule has 0 bridgehead atoms. The maximum atomic E-state index is 9.21. The number of rotatable bonds is 7. The van der Waals surface area contributed by atoms with Gasteiger partial charge in [-0.1, -0.05) is 13.3 Å². The summed E-state index contributed by atoms with van der Waals surface area (Å²) < 4.78 is 11.0. The molecule has 108 valence electrons. The van der Waals surface area contributed by atoms with E-state index in [1.165, 1.54) is 0 Å². The molecule has 0 amide bonds. The van der Waals surface area contributed by atoms with Crippen molar-refractivity contribution in [3.05, 3.63) is 17.7 Å². The van der Waals surface area contributed by atoms with Gasteiger partial charge in [-0.3, -0.25) is 0 Å². The highest BCUT2D eigenvalue weighted by Crippen LogP contribution is 2.34. The maximum Gasteiger partial charge on any atom is 0.162 e. The van der Waals surface area contributed by atoms with E-state index in [4.69, 9.17) is 9.47 Å². The summed E-state index contributed by atoms with van der Waals surface area (Å²) >= 11 is 0. The summed E-state index contributed by atoms with van der Waals surface area (Å²) in [7, 11) is 5.32. The number of hydrogen-bond acceptors (Lipinski definition) is 4. The SMILES string of the molecule is CCCCOc1cc(C#N)c(N=CN(C)C)cc1OC. The van der Waals surface area contributed by atoms with Crippen LogP contribution >= 0.6 is 0 Å². The zero-order chi connectivity index (χ0) is 15.0. The third-order valence-electron chi connectivity index (χ3n) is 2.59. The Morgan fingerprint density at radius 3 is 2.65 bits per heavy atom. The number of aliphatic imine (C=N–C) groups is 1. The Kier molecular flexibility index (Phi) is 6.38. The molecule has 5 nitrogen and oxygen atoms in total. The van der Waals surface area contributed by atoms with Gasteiger partial charge in [0.25, 0.3) is 0 Å². The van der Waals surface area contributed by atoms with Gasteiger partial charge in [-0.25, -0.2) is 4.99 Å². The Bertz CT molecular complexity index is 505. The molecule has 0 fully saturated rings. The summed E-state index contributed by atoms with van der Waals surface area (Å²) in [6.07, 6.45) is 3.66. The van der Waals surface area contributed by atoms with E-state index in [9.17, 15) is 5.26 Å². The maximum absolute atomic E-state index is 9.21. The lowest BCUT2D eigenvalue weighted by Crippen LogP contribution is -2.07. The fourth-order valence-electron chi connectivity index (χ4n) is 1.52. The highest BCUT2D eigenvalue weighted by atomic mass is 16.5. The molecule has 0 aromatic heterocycles. The van der Waals surface area contributed by atoms with Gasteiger partial charge in [0.2, 0.25) is 0 Å². The molecule has 0 N–H and O–H groups in total. The fraction of sp³-hybridized carbons (Fsp3) is 0.467. The van der Waals surface area contributed by atoms with Crippen molar-refractivity contribution in [3.8, 4) is 17.6 Å². The van der Waals surface area contributed by atoms with Crippen LogP contribution in [0.15, 0.2) is 17.1 Å². The van der Waals surface area contributed by atoms with Crippen LogP contribution in [0.25, 0.3) is 0 Å². The predicted octanol–water partition coefficient (Wildman–Crippen LogP) is 2.97. The Morgan fingerprint density at radius 2 is 2.10 bits per heavy atom. The van der Waals surface area contributed by atoms with Crippen molar-refractivity contribution in [3.63, 3.8) is 0 Å². The number of unbranched alkanes of at least 4 members (excludes halogenated alkanes) is 1. The molecule has 1 aromatic rings. The molecule has 1 aromatic carbocycles. The molecule has 1 rings (SSSR count). The zero-order valence-electron chi connectivity index (χ0n) is 12.5. The van der Waals surface area contributed by atoms with Crippen LogP contribution in [0.4, 0.5) is 5.69 Å². The smallest absolute Gasteiger partial charge is 0.162 e. The minimum atomic E-state index is 0.468. The number of nitrogens with zero attached hydrogens (tertiary/aromatic N) is 3. The summed E-state index contributed by atoms with van der Waals surface area (Å²) in [5.41, 5.74) is 1.04. The van der Waals surface area contributed by atoms with Gasteiger partial charge in [0.15, 0.2) is 11.5 Å². The lowest BCUT2D eigenvalue weighted by molar-refractivity contribution is 0.288. The third kappa shape index (κ3) is 4.47. The van der Waals surface area contributed by atoms with Crippen molar-refractivity contribution in [1.29, 1.82) is 5.26 Å². The van der Waals surface area contributed by atoms with Gasteiger partial charge in [0, 0.05) is 26.2 Å². The first kappa shape index (κ1) is 15.8. The van der Waals surface area contributed by atoms with Crippen molar-refractivity contribution >= 4 is 12.0 Å². The van der Waals surface area contributed by atoms with Crippen molar-refractivity contribution in [2.45, 2.75) is 19.8 Å². The molecule has 0 aliphatic rings. The molecule has 0 saturated heterocycles. The second kappa shape index (κ2) is 8.05. The summed E-state index contributed by atoms with van der Waals surface area (Å²) in [4.78, 5) is 6.07. The standard InChI is InChI=1S/C15H21N3O2/c1-5-6-7-20-15-8-12(10-16)13(9-14(15)19-4)17-11-18(2)3/h8-9,11H,5-7H2,1-4H3. The highest BCUT2D eigenvalue weighted by Gasteiger charge is 2.11. The molecule has 0 radical (unpaired) electrons. The second-order valence-electron chi connectivity index (χ2n) is 4.54. The van der Waals surface area contributed by atoms with Gasteiger partial charge in [-0.15, -0.1) is 0 Å². The van der Waals surface area contributed by atoms with E-state index in [0.29, 0.717) is 29.4 Å². The van der Waals surface area contributed by atoms with Crippen molar-refractivity contribution in [2.24, 2.45) is 4.99 Å². The first-order chi connectivity index (χ1) is 9.62. The molecular formula is C15H21N3O2. The van der Waals surface area contributed by atoms with E-state index >= 15 is 0 Å². The van der Waals surface area contributed by atoms with Gasteiger partial charge < -0.3 is 14.4 Å². The van der Waals surface area contributed by atoms with Gasteiger partial charge in [0.1, 0.15) is 6.07 Å². The molecule has 0 unspecified atom stereocenters. The lowest BCUT2D eigenvalue weighted by Gasteiger charge is -2.12. The molecule has 0 aliphatic heterocycles. The average molecular weight is 275 g/mol. The minimum absolute atomic E-state index is 0.468. The van der Waals surface area contributed by atoms with E-state index < -0.39 is 0 Å². The summed E-state index contributed by atoms with van der Waals surface area (Å²) in [5, 5.41) is 9.21. The van der Waals surface area contributed by atoms with E-state index in [2.05, 4.69) is 18.0 Å². The Labute approximate surface area is 120 Å². The zero-order valence-corrected chi connectivity index (χ0v) is 12.5. The molecular weight excluding hydrogens is 254 g/mol. The quantitative estimate of drug-likeness (QED) is 0.436. The molecule has 5 heteroatoms. The summed E-state index contributed by atoms with van der Waals surface area (Å²) in [5.74, 6) is 1.17. The molecule has 0 saturated carbocycles. The van der Waals surface area contributed by atoms with Crippen LogP contribution in [0.3, 0.4) is 0 Å². The Balaban J connectivity index is 3.07. The van der Waals surface area contributed by atoms with Crippen LogP contribution in [0.1, 0.15) is 25.3 Å². The number of benzene rings is 1. The molecule has 0 aliphatic carbocycles. The molecule has 0 atom stereocenters. The third-order valence-corrected chi connectivity index (χ3v) is 2.59. The number of methoxy groups -OCH3 is 1. The minimum Gasteiger partial charge on any atom is -0.493 e. The molecule has 0 heterocycles. The molecule has 20 heavy (non-hydrogen) atoms. The van der Waals surface area contributed by atoms with Crippen LogP contribution in [-0.2, 0) is 0 Å². The number of ether oxygens (including phenoxy) is 2. The highest BCUT2D eigenvalue weighted by molar-refractivity contribution is 5.68. The summed E-state index contributed by atoms with van der Waals surface area (Å²) in [6.45, 7) is 2.71. The van der Waals surface area contributed by atoms with E-state index in [0.717, 1.165) is 12.8 Å². The lowest BCUT2D eigenvalue weighted by atomic mass is 10.1. The topological polar surface area (TPSA) is 57.8 Å². The monoisotopic (exact) mass is 275 g/mol. The second-order valence-corrected chi connectivity index (χ2v) is 4.54. The van der Waals surface area contributed by atoms with Crippen LogP contribution in [0.5, 0.6) is 11.5 Å². The van der Waals surface area contributed by atoms with Gasteiger partial charge in [0.05, 0.1) is 31.3 Å². The normalized spacial score (nSPS) is 10.3. The Hall–Kier alpha value is -2.22. The van der Waals surface area contributed by atoms with Crippen molar-refractivity contribution < 1.29 is 9.47 Å². The Morgan fingerprint density at radius 1 is 1.35 bits per heavy atom. The number of hydrogen-bond donors (Lipinski definition) is 0. The van der Waals surface area contributed by atoms with Crippen LogP contribution < -0.4 is 9.47 Å². The van der Waals surface area contributed by atoms with Crippen LogP contribution in [0.2, 0.25) is 0 Å². The van der Waals surface area contributed by atoms with Gasteiger partial charge in [-0.05, 0) is 6.42 Å². The fourth-order valence-corrected chi connectivity index (χ4v) is 1.52. The van der Waals surface area contributed by atoms with Crippen molar-refractivity contribution in [2.75, 3.05) is 27.8 Å². The van der Waals surface area contributed by atoms with Crippen LogP contribution in [-0.4, -0.2) is 39.1 Å². The molecule has 0 spiro atoms. The van der Waals surface area contributed by atoms with Crippen molar-refractivity contribution in [1.82, 2.24) is 4.90 Å². The first-order valence-corrected chi connectivity index (χ1v) is 6.58. The predicted molar refractivity (Wildman–Crippen MR) is 80.0 cm³/mol. The number of nitriles is 1. The largest absolute Gasteiger partial charge is 0.493 e. The summed E-state index contributed by atoms with van der Waals surface area (Å²) in [6, 6.07) is 5.53. The van der Waals surface area contributed by atoms with Gasteiger partial charge in [-0.2, -0.15) is 5.26 Å².